The number of nitrogens with one attached hydrogen (secondary N) is 1. The van der Waals surface area contributed by atoms with Gasteiger partial charge in [-0.2, -0.15) is 0 Å². The molecule has 0 atom stereocenters. The van der Waals surface area contributed by atoms with Crippen molar-refractivity contribution in [1.82, 2.24) is 0 Å². The number of carbonyl (C=O) groups is 3. The first-order chi connectivity index (χ1) is 13.5. The number of ketones is 2. The molecule has 0 saturated heterocycles. The fraction of sp³-hybridized carbons (Fsp3) is 0.0870. The van der Waals surface area contributed by atoms with Crippen molar-refractivity contribution < 1.29 is 19.1 Å². The number of benzene rings is 3. The van der Waals surface area contributed by atoms with Crippen LogP contribution >= 0.6 is 0 Å². The highest BCUT2D eigenvalue weighted by atomic mass is 16.5. The summed E-state index contributed by atoms with van der Waals surface area (Å²) in [7, 11) is 0. The fourth-order valence-electron chi connectivity index (χ4n) is 2.62. The van der Waals surface area contributed by atoms with Crippen LogP contribution < -0.4 is 10.1 Å². The Kier molecular flexibility index (Phi) is 5.97. The summed E-state index contributed by atoms with van der Waals surface area (Å²) in [6, 6.07) is 22.4. The number of hydrogen-bond donors (Lipinski definition) is 1. The summed E-state index contributed by atoms with van der Waals surface area (Å²) in [6.45, 7) is 1.28. The molecule has 0 heterocycles. The zero-order valence-electron chi connectivity index (χ0n) is 15.3. The first kappa shape index (κ1) is 19.0. The van der Waals surface area contributed by atoms with E-state index in [1.54, 1.807) is 60.7 Å². The lowest BCUT2D eigenvalue weighted by Crippen LogP contribution is -2.20. The molecule has 0 aliphatic rings. The Morgan fingerprint density at radius 3 is 2.11 bits per heavy atom. The maximum atomic E-state index is 12.4. The van der Waals surface area contributed by atoms with Crippen molar-refractivity contribution in [3.05, 3.63) is 95.6 Å². The summed E-state index contributed by atoms with van der Waals surface area (Å²) in [6.07, 6.45) is 0. The third-order valence-electron chi connectivity index (χ3n) is 4.08. The lowest BCUT2D eigenvalue weighted by Gasteiger charge is -2.09. The van der Waals surface area contributed by atoms with Gasteiger partial charge in [0.15, 0.2) is 18.2 Å². The predicted molar refractivity (Wildman–Crippen MR) is 107 cm³/mol. The largest absolute Gasteiger partial charge is 0.484 e. The first-order valence-corrected chi connectivity index (χ1v) is 8.76. The van der Waals surface area contributed by atoms with Crippen molar-refractivity contribution in [1.29, 1.82) is 0 Å². The zero-order valence-corrected chi connectivity index (χ0v) is 15.3. The molecule has 3 aromatic carbocycles. The molecule has 0 aliphatic heterocycles. The molecule has 0 saturated carbocycles. The van der Waals surface area contributed by atoms with Gasteiger partial charge in [0.2, 0.25) is 0 Å². The molecule has 0 aromatic heterocycles. The Bertz CT molecular complexity index is 995. The SMILES string of the molecule is CC(=O)c1cccc(NC(=O)COc2ccc(C(=O)c3ccccc3)cc2)c1. The summed E-state index contributed by atoms with van der Waals surface area (Å²) < 4.78 is 5.47. The molecule has 0 bridgehead atoms. The second kappa shape index (κ2) is 8.77. The predicted octanol–water partition coefficient (Wildman–Crippen LogP) is 4.14. The third-order valence-corrected chi connectivity index (χ3v) is 4.08. The number of carbonyl (C=O) groups excluding carboxylic acids is 3. The number of amides is 1. The second-order valence-corrected chi connectivity index (χ2v) is 6.19. The maximum Gasteiger partial charge on any atom is 0.262 e. The van der Waals surface area contributed by atoms with Gasteiger partial charge < -0.3 is 10.1 Å². The molecule has 3 rings (SSSR count). The minimum atomic E-state index is -0.342. The van der Waals surface area contributed by atoms with E-state index in [0.717, 1.165) is 0 Å². The van der Waals surface area contributed by atoms with Crippen LogP contribution in [0.15, 0.2) is 78.9 Å². The van der Waals surface area contributed by atoms with E-state index in [4.69, 9.17) is 4.74 Å². The van der Waals surface area contributed by atoms with Crippen LogP contribution in [0.25, 0.3) is 0 Å². The van der Waals surface area contributed by atoms with Gasteiger partial charge in [0.25, 0.3) is 5.91 Å². The molecular formula is C23H19NO4. The van der Waals surface area contributed by atoms with Crippen molar-refractivity contribution >= 4 is 23.2 Å². The molecule has 1 N–H and O–H groups in total. The molecule has 5 nitrogen and oxygen atoms in total. The normalized spacial score (nSPS) is 10.2. The highest BCUT2D eigenvalue weighted by Gasteiger charge is 2.09. The van der Waals surface area contributed by atoms with Gasteiger partial charge in [0, 0.05) is 22.4 Å². The van der Waals surface area contributed by atoms with Crippen LogP contribution in [-0.2, 0) is 4.79 Å². The Morgan fingerprint density at radius 1 is 0.786 bits per heavy atom. The van der Waals surface area contributed by atoms with E-state index in [-0.39, 0.29) is 24.1 Å². The van der Waals surface area contributed by atoms with Crippen LogP contribution in [0.5, 0.6) is 5.75 Å². The van der Waals surface area contributed by atoms with E-state index >= 15 is 0 Å². The maximum absolute atomic E-state index is 12.4. The van der Waals surface area contributed by atoms with Crippen molar-refractivity contribution in [3.8, 4) is 5.75 Å². The van der Waals surface area contributed by atoms with E-state index in [1.807, 2.05) is 18.2 Å². The fourth-order valence-corrected chi connectivity index (χ4v) is 2.62. The summed E-state index contributed by atoms with van der Waals surface area (Å²) in [4.78, 5) is 35.8. The van der Waals surface area contributed by atoms with Gasteiger partial charge in [0.05, 0.1) is 0 Å². The highest BCUT2D eigenvalue weighted by Crippen LogP contribution is 2.16. The van der Waals surface area contributed by atoms with Gasteiger partial charge in [-0.1, -0.05) is 42.5 Å². The monoisotopic (exact) mass is 373 g/mol. The van der Waals surface area contributed by atoms with E-state index in [9.17, 15) is 14.4 Å². The zero-order chi connectivity index (χ0) is 19.9. The van der Waals surface area contributed by atoms with Gasteiger partial charge in [-0.25, -0.2) is 0 Å². The number of ether oxygens (including phenoxy) is 1. The van der Waals surface area contributed by atoms with E-state index in [1.165, 1.54) is 6.92 Å². The summed E-state index contributed by atoms with van der Waals surface area (Å²) in [5, 5.41) is 2.69. The molecule has 0 fully saturated rings. The summed E-state index contributed by atoms with van der Waals surface area (Å²) in [5.41, 5.74) is 2.22. The van der Waals surface area contributed by atoms with Crippen LogP contribution in [0.4, 0.5) is 5.69 Å². The molecule has 5 heteroatoms. The van der Waals surface area contributed by atoms with Gasteiger partial charge >= 0.3 is 0 Å². The lowest BCUT2D eigenvalue weighted by atomic mass is 10.0. The van der Waals surface area contributed by atoms with Crippen LogP contribution in [0.3, 0.4) is 0 Å². The average molecular weight is 373 g/mol. The highest BCUT2D eigenvalue weighted by molar-refractivity contribution is 6.09. The second-order valence-electron chi connectivity index (χ2n) is 6.19. The molecule has 3 aromatic rings. The van der Waals surface area contributed by atoms with Gasteiger partial charge in [-0.3, -0.25) is 14.4 Å². The van der Waals surface area contributed by atoms with Crippen LogP contribution in [0.1, 0.15) is 33.2 Å². The quantitative estimate of drug-likeness (QED) is 0.632. The number of rotatable bonds is 7. The van der Waals surface area contributed by atoms with Gasteiger partial charge in [0.1, 0.15) is 5.75 Å². The minimum absolute atomic E-state index is 0.0718. The topological polar surface area (TPSA) is 72.5 Å². The molecule has 140 valence electrons. The Hall–Kier alpha value is -3.73. The number of Topliss-reactive ketones (excluding diaryl/α,β-unsaturated/α-hetero) is 1. The Morgan fingerprint density at radius 2 is 1.43 bits per heavy atom. The smallest absolute Gasteiger partial charge is 0.262 e. The third kappa shape index (κ3) is 4.92. The van der Waals surface area contributed by atoms with E-state index in [0.29, 0.717) is 28.1 Å². The van der Waals surface area contributed by atoms with Crippen molar-refractivity contribution in [2.75, 3.05) is 11.9 Å². The van der Waals surface area contributed by atoms with Crippen molar-refractivity contribution in [2.45, 2.75) is 6.92 Å². The Balaban J connectivity index is 1.56. The molecule has 1 amide bonds. The molecule has 0 unspecified atom stereocenters. The molecule has 28 heavy (non-hydrogen) atoms. The minimum Gasteiger partial charge on any atom is -0.484 e. The van der Waals surface area contributed by atoms with Gasteiger partial charge in [-0.05, 0) is 43.3 Å². The molecule has 0 aliphatic carbocycles. The standard InChI is InChI=1S/C23H19NO4/c1-16(25)19-8-5-9-20(14-19)24-22(26)15-28-21-12-10-18(11-13-21)23(27)17-6-3-2-4-7-17/h2-14H,15H2,1H3,(H,24,26). The lowest BCUT2D eigenvalue weighted by molar-refractivity contribution is -0.118. The Labute approximate surface area is 163 Å². The average Bonchev–Trinajstić information content (AvgIpc) is 2.73. The van der Waals surface area contributed by atoms with Crippen LogP contribution in [0.2, 0.25) is 0 Å². The van der Waals surface area contributed by atoms with Crippen LogP contribution in [0, 0.1) is 0 Å². The van der Waals surface area contributed by atoms with Crippen molar-refractivity contribution in [3.63, 3.8) is 0 Å². The number of hydrogen-bond acceptors (Lipinski definition) is 4. The molecule has 0 radical (unpaired) electrons. The molecule has 0 spiro atoms. The van der Waals surface area contributed by atoms with Crippen LogP contribution in [-0.4, -0.2) is 24.1 Å². The molecular weight excluding hydrogens is 354 g/mol. The van der Waals surface area contributed by atoms with E-state index < -0.39 is 0 Å². The van der Waals surface area contributed by atoms with Crippen molar-refractivity contribution in [2.24, 2.45) is 0 Å². The van der Waals surface area contributed by atoms with Gasteiger partial charge in [-0.15, -0.1) is 0 Å². The summed E-state index contributed by atoms with van der Waals surface area (Å²) in [5.74, 6) is -0.00452. The van der Waals surface area contributed by atoms with E-state index in [2.05, 4.69) is 5.32 Å². The number of anilines is 1. The summed E-state index contributed by atoms with van der Waals surface area (Å²) >= 11 is 0. The first-order valence-electron chi connectivity index (χ1n) is 8.76.